The van der Waals surface area contributed by atoms with Crippen LogP contribution < -0.4 is 10.6 Å². The molecular weight excluding hydrogens is 346 g/mol. The van der Waals surface area contributed by atoms with Gasteiger partial charge < -0.3 is 15.5 Å². The van der Waals surface area contributed by atoms with Crippen LogP contribution in [0.15, 0.2) is 28.7 Å². The highest BCUT2D eigenvalue weighted by Crippen LogP contribution is 2.22. The Kier molecular flexibility index (Phi) is 6.24. The van der Waals surface area contributed by atoms with Gasteiger partial charge in [0.1, 0.15) is 0 Å². The molecule has 0 saturated carbocycles. The van der Waals surface area contributed by atoms with E-state index in [4.69, 9.17) is 0 Å². The zero-order valence-electron chi connectivity index (χ0n) is 12.8. The summed E-state index contributed by atoms with van der Waals surface area (Å²) >= 11 is 3.47. The van der Waals surface area contributed by atoms with Crippen LogP contribution in [-0.4, -0.2) is 36.5 Å². The smallest absolute Gasteiger partial charge is 0.315 e. The third-order valence-corrected chi connectivity index (χ3v) is 4.52. The Morgan fingerprint density at radius 3 is 2.64 bits per heavy atom. The summed E-state index contributed by atoms with van der Waals surface area (Å²) in [6.45, 7) is 3.99. The molecule has 2 rings (SSSR count). The molecule has 2 N–H and O–H groups in total. The number of benzene rings is 1. The van der Waals surface area contributed by atoms with E-state index in [0.717, 1.165) is 36.0 Å². The maximum absolute atomic E-state index is 11.9. The van der Waals surface area contributed by atoms with Gasteiger partial charge in [-0.2, -0.15) is 0 Å². The second-order valence-electron chi connectivity index (χ2n) is 5.48. The van der Waals surface area contributed by atoms with Crippen molar-refractivity contribution >= 4 is 27.9 Å². The number of carbonyl (C=O) groups excluding carboxylic acids is 2. The first-order chi connectivity index (χ1) is 10.6. The van der Waals surface area contributed by atoms with Gasteiger partial charge in [0.2, 0.25) is 5.91 Å². The summed E-state index contributed by atoms with van der Waals surface area (Å²) in [6.07, 6.45) is 2.53. The van der Waals surface area contributed by atoms with Gasteiger partial charge in [0, 0.05) is 30.5 Å². The predicted molar refractivity (Wildman–Crippen MR) is 89.5 cm³/mol. The zero-order valence-corrected chi connectivity index (χ0v) is 14.4. The average Bonchev–Trinajstić information content (AvgIpc) is 3.01. The van der Waals surface area contributed by atoms with Crippen molar-refractivity contribution in [3.05, 3.63) is 34.3 Å². The van der Waals surface area contributed by atoms with Gasteiger partial charge in [-0.15, -0.1) is 0 Å². The average molecular weight is 368 g/mol. The quantitative estimate of drug-likeness (QED) is 0.840. The number of amides is 3. The van der Waals surface area contributed by atoms with Crippen LogP contribution in [0.2, 0.25) is 0 Å². The van der Waals surface area contributed by atoms with Crippen LogP contribution in [0, 0.1) is 0 Å². The maximum Gasteiger partial charge on any atom is 0.315 e. The topological polar surface area (TPSA) is 61.4 Å². The molecule has 1 fully saturated rings. The molecule has 3 amide bonds. The monoisotopic (exact) mass is 367 g/mol. The lowest BCUT2D eigenvalue weighted by Gasteiger charge is -2.17. The predicted octanol–water partition coefficient (Wildman–Crippen LogP) is 2.82. The van der Waals surface area contributed by atoms with Crippen LogP contribution >= 0.6 is 15.9 Å². The minimum absolute atomic E-state index is 0.107. The molecule has 5 nitrogen and oxygen atoms in total. The van der Waals surface area contributed by atoms with Crippen molar-refractivity contribution in [1.82, 2.24) is 15.5 Å². The molecule has 0 spiro atoms. The Balaban J connectivity index is 1.71. The van der Waals surface area contributed by atoms with E-state index in [9.17, 15) is 9.59 Å². The van der Waals surface area contributed by atoms with Gasteiger partial charge >= 0.3 is 6.03 Å². The Morgan fingerprint density at radius 1 is 1.27 bits per heavy atom. The van der Waals surface area contributed by atoms with Crippen molar-refractivity contribution in [1.29, 1.82) is 0 Å². The molecule has 120 valence electrons. The first-order valence-corrected chi connectivity index (χ1v) is 8.44. The van der Waals surface area contributed by atoms with Crippen LogP contribution in [0.1, 0.15) is 37.8 Å². The summed E-state index contributed by atoms with van der Waals surface area (Å²) < 4.78 is 0.965. The molecule has 0 radical (unpaired) electrons. The Hall–Kier alpha value is -1.56. The molecule has 0 aliphatic carbocycles. The number of rotatable bonds is 5. The van der Waals surface area contributed by atoms with Crippen molar-refractivity contribution in [2.24, 2.45) is 0 Å². The van der Waals surface area contributed by atoms with Gasteiger partial charge in [0.15, 0.2) is 0 Å². The third kappa shape index (κ3) is 4.73. The number of likely N-dealkylation sites (tertiary alicyclic amines) is 1. The lowest BCUT2D eigenvalue weighted by atomic mass is 10.1. The molecule has 1 heterocycles. The van der Waals surface area contributed by atoms with E-state index in [1.54, 1.807) is 0 Å². The highest BCUT2D eigenvalue weighted by atomic mass is 79.9. The van der Waals surface area contributed by atoms with Crippen molar-refractivity contribution in [2.45, 2.75) is 32.2 Å². The summed E-state index contributed by atoms with van der Waals surface area (Å²) in [6, 6.07) is 7.42. The van der Waals surface area contributed by atoms with Gasteiger partial charge in [0.25, 0.3) is 0 Å². The molecule has 1 atom stereocenters. The summed E-state index contributed by atoms with van der Waals surface area (Å²) in [5.41, 5.74) is 1.02. The molecule has 0 aromatic heterocycles. The fourth-order valence-electron chi connectivity index (χ4n) is 2.56. The lowest BCUT2D eigenvalue weighted by molar-refractivity contribution is -0.129. The molecule has 1 aromatic rings. The van der Waals surface area contributed by atoms with E-state index in [0.29, 0.717) is 13.0 Å². The van der Waals surface area contributed by atoms with Crippen molar-refractivity contribution in [2.75, 3.05) is 19.6 Å². The molecular formula is C16H22BrN3O2. The Bertz CT molecular complexity index is 530. The molecule has 1 aromatic carbocycles. The standard InChI is InChI=1S/C16H22BrN3O2/c1-12(13-6-2-3-7-14(13)17)19-16(22)18-9-8-15(21)20-10-4-5-11-20/h2-3,6-7,12H,4-5,8-11H2,1H3,(H2,18,19,22). The van der Waals surface area contributed by atoms with E-state index in [-0.39, 0.29) is 18.0 Å². The summed E-state index contributed by atoms with van der Waals surface area (Å²) in [7, 11) is 0. The molecule has 6 heteroatoms. The van der Waals surface area contributed by atoms with Crippen LogP contribution in [0.5, 0.6) is 0 Å². The summed E-state index contributed by atoms with van der Waals surface area (Å²) in [5.74, 6) is 0.122. The molecule has 1 unspecified atom stereocenters. The van der Waals surface area contributed by atoms with Crippen LogP contribution in [0.4, 0.5) is 4.79 Å². The van der Waals surface area contributed by atoms with E-state index in [1.165, 1.54) is 0 Å². The molecule has 22 heavy (non-hydrogen) atoms. The number of nitrogens with zero attached hydrogens (tertiary/aromatic N) is 1. The first kappa shape index (κ1) is 16.8. The van der Waals surface area contributed by atoms with Crippen LogP contribution in [-0.2, 0) is 4.79 Å². The molecule has 1 aliphatic rings. The maximum atomic E-state index is 11.9. The second-order valence-corrected chi connectivity index (χ2v) is 6.34. The second kappa shape index (κ2) is 8.17. The number of hydrogen-bond donors (Lipinski definition) is 2. The van der Waals surface area contributed by atoms with Crippen molar-refractivity contribution in [3.8, 4) is 0 Å². The number of halogens is 1. The number of hydrogen-bond acceptors (Lipinski definition) is 2. The van der Waals surface area contributed by atoms with Crippen LogP contribution in [0.25, 0.3) is 0 Å². The van der Waals surface area contributed by atoms with E-state index in [2.05, 4.69) is 26.6 Å². The number of nitrogens with one attached hydrogen (secondary N) is 2. The normalized spacial score (nSPS) is 15.5. The molecule has 1 aliphatic heterocycles. The first-order valence-electron chi connectivity index (χ1n) is 7.64. The highest BCUT2D eigenvalue weighted by Gasteiger charge is 2.17. The summed E-state index contributed by atoms with van der Waals surface area (Å²) in [5, 5.41) is 5.62. The van der Waals surface area contributed by atoms with Gasteiger partial charge in [0.05, 0.1) is 6.04 Å². The van der Waals surface area contributed by atoms with Crippen LogP contribution in [0.3, 0.4) is 0 Å². The SMILES string of the molecule is CC(NC(=O)NCCC(=O)N1CCCC1)c1ccccc1Br. The Labute approximate surface area is 139 Å². The van der Waals surface area contributed by atoms with Gasteiger partial charge in [-0.1, -0.05) is 34.1 Å². The van der Waals surface area contributed by atoms with E-state index in [1.807, 2.05) is 36.1 Å². The fraction of sp³-hybridized carbons (Fsp3) is 0.500. The highest BCUT2D eigenvalue weighted by molar-refractivity contribution is 9.10. The van der Waals surface area contributed by atoms with E-state index >= 15 is 0 Å². The number of carbonyl (C=O) groups is 2. The number of urea groups is 1. The molecule has 1 saturated heterocycles. The largest absolute Gasteiger partial charge is 0.343 e. The van der Waals surface area contributed by atoms with Crippen molar-refractivity contribution in [3.63, 3.8) is 0 Å². The third-order valence-electron chi connectivity index (χ3n) is 3.80. The summed E-state index contributed by atoms with van der Waals surface area (Å²) in [4.78, 5) is 25.6. The minimum atomic E-state index is -0.252. The Morgan fingerprint density at radius 2 is 1.95 bits per heavy atom. The lowest BCUT2D eigenvalue weighted by Crippen LogP contribution is -2.39. The molecule has 0 bridgehead atoms. The minimum Gasteiger partial charge on any atom is -0.343 e. The van der Waals surface area contributed by atoms with E-state index < -0.39 is 0 Å². The van der Waals surface area contributed by atoms with Gasteiger partial charge in [-0.3, -0.25) is 4.79 Å². The van der Waals surface area contributed by atoms with Crippen molar-refractivity contribution < 1.29 is 9.59 Å². The fourth-order valence-corrected chi connectivity index (χ4v) is 3.19. The van der Waals surface area contributed by atoms with Gasteiger partial charge in [-0.25, -0.2) is 4.79 Å². The zero-order chi connectivity index (χ0) is 15.9. The van der Waals surface area contributed by atoms with Gasteiger partial charge in [-0.05, 0) is 31.4 Å².